The Labute approximate surface area is 99.0 Å². The van der Waals surface area contributed by atoms with Crippen molar-refractivity contribution in [3.05, 3.63) is 28.2 Å². The van der Waals surface area contributed by atoms with Crippen LogP contribution >= 0.6 is 15.9 Å². The monoisotopic (exact) mass is 269 g/mol. The average Bonchev–Trinajstić information content (AvgIpc) is 2.70. The summed E-state index contributed by atoms with van der Waals surface area (Å²) >= 11 is 3.55. The number of benzene rings is 1. The first kappa shape index (κ1) is 11.0. The number of anilines is 1. The topological polar surface area (TPSA) is 23.5 Å². The third-order valence-electron chi connectivity index (χ3n) is 3.06. The van der Waals surface area contributed by atoms with E-state index in [2.05, 4.69) is 46.0 Å². The van der Waals surface area contributed by atoms with Crippen LogP contribution in [0.5, 0.6) is 0 Å². The van der Waals surface area contributed by atoms with Gasteiger partial charge in [0.25, 0.3) is 0 Å². The fourth-order valence-corrected chi connectivity index (χ4v) is 2.36. The van der Waals surface area contributed by atoms with E-state index in [0.29, 0.717) is 12.5 Å². The second-order valence-electron chi connectivity index (χ2n) is 4.22. The lowest BCUT2D eigenvalue weighted by atomic mass is 10.1. The van der Waals surface area contributed by atoms with Crippen LogP contribution in [0.3, 0.4) is 0 Å². The van der Waals surface area contributed by atoms with Gasteiger partial charge < -0.3 is 10.0 Å². The molecule has 0 bridgehead atoms. The fraction of sp³-hybridized carbons (Fsp3) is 0.500. The Kier molecular flexibility index (Phi) is 3.32. The van der Waals surface area contributed by atoms with Crippen molar-refractivity contribution < 1.29 is 5.11 Å². The molecule has 1 unspecified atom stereocenters. The Morgan fingerprint density at radius 3 is 2.93 bits per heavy atom. The highest BCUT2D eigenvalue weighted by Gasteiger charge is 2.21. The average molecular weight is 270 g/mol. The molecule has 0 saturated carbocycles. The summed E-state index contributed by atoms with van der Waals surface area (Å²) in [6, 6.07) is 6.45. The van der Waals surface area contributed by atoms with Gasteiger partial charge in [0.1, 0.15) is 0 Å². The predicted octanol–water partition coefficient (Wildman–Crippen LogP) is 2.58. The standard InChI is InChI=1S/C12H16BrNO/c1-9-2-3-11(6-12(9)13)14-5-4-10(7-14)8-15/h2-3,6,10,15H,4-5,7-8H2,1H3. The molecule has 1 N–H and O–H groups in total. The lowest BCUT2D eigenvalue weighted by Crippen LogP contribution is -2.20. The maximum atomic E-state index is 9.09. The van der Waals surface area contributed by atoms with E-state index < -0.39 is 0 Å². The van der Waals surface area contributed by atoms with Gasteiger partial charge in [0.2, 0.25) is 0 Å². The van der Waals surface area contributed by atoms with Crippen LogP contribution < -0.4 is 4.90 Å². The van der Waals surface area contributed by atoms with Crippen molar-refractivity contribution in [2.24, 2.45) is 5.92 Å². The van der Waals surface area contributed by atoms with Crippen molar-refractivity contribution in [3.8, 4) is 0 Å². The Balaban J connectivity index is 2.13. The van der Waals surface area contributed by atoms with Crippen LogP contribution in [0.15, 0.2) is 22.7 Å². The lowest BCUT2D eigenvalue weighted by Gasteiger charge is -2.19. The van der Waals surface area contributed by atoms with Gasteiger partial charge in [0.15, 0.2) is 0 Å². The number of halogens is 1. The van der Waals surface area contributed by atoms with E-state index >= 15 is 0 Å². The van der Waals surface area contributed by atoms with Gasteiger partial charge >= 0.3 is 0 Å². The zero-order chi connectivity index (χ0) is 10.8. The normalized spacial score (nSPS) is 21.0. The molecule has 1 aromatic rings. The van der Waals surface area contributed by atoms with Gasteiger partial charge in [-0.25, -0.2) is 0 Å². The first-order chi connectivity index (χ1) is 7.20. The molecule has 0 aliphatic carbocycles. The second kappa shape index (κ2) is 4.54. The predicted molar refractivity (Wildman–Crippen MR) is 66.3 cm³/mol. The zero-order valence-electron chi connectivity index (χ0n) is 8.91. The molecule has 1 atom stereocenters. The molecular weight excluding hydrogens is 254 g/mol. The number of aliphatic hydroxyl groups excluding tert-OH is 1. The number of aliphatic hydroxyl groups is 1. The molecule has 1 fully saturated rings. The smallest absolute Gasteiger partial charge is 0.0476 e. The largest absolute Gasteiger partial charge is 0.396 e. The first-order valence-electron chi connectivity index (χ1n) is 5.32. The molecule has 2 nitrogen and oxygen atoms in total. The highest BCUT2D eigenvalue weighted by Crippen LogP contribution is 2.27. The molecule has 1 aromatic carbocycles. The number of nitrogens with zero attached hydrogens (tertiary/aromatic N) is 1. The molecule has 2 rings (SSSR count). The second-order valence-corrected chi connectivity index (χ2v) is 5.07. The van der Waals surface area contributed by atoms with E-state index in [-0.39, 0.29) is 0 Å². The summed E-state index contributed by atoms with van der Waals surface area (Å²) in [6.45, 7) is 4.44. The number of hydrogen-bond donors (Lipinski definition) is 1. The SMILES string of the molecule is Cc1ccc(N2CCC(CO)C2)cc1Br. The quantitative estimate of drug-likeness (QED) is 0.892. The third-order valence-corrected chi connectivity index (χ3v) is 3.92. The molecule has 3 heteroatoms. The maximum absolute atomic E-state index is 9.09. The highest BCUT2D eigenvalue weighted by molar-refractivity contribution is 9.10. The molecule has 1 aliphatic heterocycles. The number of hydrogen-bond acceptors (Lipinski definition) is 2. The van der Waals surface area contributed by atoms with Crippen LogP contribution in [-0.2, 0) is 0 Å². The Morgan fingerprint density at radius 1 is 1.53 bits per heavy atom. The molecule has 82 valence electrons. The Morgan fingerprint density at radius 2 is 2.33 bits per heavy atom. The summed E-state index contributed by atoms with van der Waals surface area (Å²) in [4.78, 5) is 2.34. The van der Waals surface area contributed by atoms with Crippen molar-refractivity contribution in [3.63, 3.8) is 0 Å². The molecule has 0 spiro atoms. The Bertz CT molecular complexity index is 353. The van der Waals surface area contributed by atoms with E-state index in [1.807, 2.05) is 0 Å². The van der Waals surface area contributed by atoms with E-state index in [4.69, 9.17) is 5.11 Å². The molecule has 15 heavy (non-hydrogen) atoms. The van der Waals surface area contributed by atoms with Crippen LogP contribution in [0.25, 0.3) is 0 Å². The number of aryl methyl sites for hydroxylation is 1. The van der Waals surface area contributed by atoms with E-state index in [1.165, 1.54) is 11.3 Å². The van der Waals surface area contributed by atoms with Crippen LogP contribution in [0, 0.1) is 12.8 Å². The maximum Gasteiger partial charge on any atom is 0.0476 e. The minimum Gasteiger partial charge on any atom is -0.396 e. The van der Waals surface area contributed by atoms with Crippen molar-refractivity contribution in [1.29, 1.82) is 0 Å². The van der Waals surface area contributed by atoms with Gasteiger partial charge in [0, 0.05) is 35.8 Å². The molecule has 0 amide bonds. The van der Waals surface area contributed by atoms with E-state index in [1.54, 1.807) is 0 Å². The summed E-state index contributed by atoms with van der Waals surface area (Å²) < 4.78 is 1.16. The molecule has 0 radical (unpaired) electrons. The third kappa shape index (κ3) is 2.34. The number of rotatable bonds is 2. The molecule has 1 saturated heterocycles. The molecule has 0 aromatic heterocycles. The Hall–Kier alpha value is -0.540. The van der Waals surface area contributed by atoms with Crippen LogP contribution in [0.2, 0.25) is 0 Å². The summed E-state index contributed by atoms with van der Waals surface area (Å²) in [7, 11) is 0. The van der Waals surface area contributed by atoms with E-state index in [0.717, 1.165) is 24.0 Å². The molecule has 1 heterocycles. The van der Waals surface area contributed by atoms with Gasteiger partial charge in [-0.1, -0.05) is 22.0 Å². The van der Waals surface area contributed by atoms with E-state index in [9.17, 15) is 0 Å². The van der Waals surface area contributed by atoms with Crippen LogP contribution in [0.4, 0.5) is 5.69 Å². The van der Waals surface area contributed by atoms with Gasteiger partial charge in [-0.3, -0.25) is 0 Å². The van der Waals surface area contributed by atoms with Crippen molar-refractivity contribution in [1.82, 2.24) is 0 Å². The van der Waals surface area contributed by atoms with Gasteiger partial charge in [-0.05, 0) is 31.0 Å². The summed E-state index contributed by atoms with van der Waals surface area (Å²) in [5.41, 5.74) is 2.51. The van der Waals surface area contributed by atoms with Crippen molar-refractivity contribution in [2.45, 2.75) is 13.3 Å². The molecule has 1 aliphatic rings. The van der Waals surface area contributed by atoms with Gasteiger partial charge in [0.05, 0.1) is 0 Å². The lowest BCUT2D eigenvalue weighted by molar-refractivity contribution is 0.238. The van der Waals surface area contributed by atoms with Crippen molar-refractivity contribution >= 4 is 21.6 Å². The van der Waals surface area contributed by atoms with Crippen molar-refractivity contribution in [2.75, 3.05) is 24.6 Å². The van der Waals surface area contributed by atoms with Crippen LogP contribution in [0.1, 0.15) is 12.0 Å². The van der Waals surface area contributed by atoms with Crippen LogP contribution in [-0.4, -0.2) is 24.8 Å². The fourth-order valence-electron chi connectivity index (χ4n) is 1.99. The molecular formula is C12H16BrNO. The van der Waals surface area contributed by atoms with Gasteiger partial charge in [-0.2, -0.15) is 0 Å². The first-order valence-corrected chi connectivity index (χ1v) is 6.12. The summed E-state index contributed by atoms with van der Waals surface area (Å²) in [5, 5.41) is 9.09. The zero-order valence-corrected chi connectivity index (χ0v) is 10.5. The summed E-state index contributed by atoms with van der Waals surface area (Å²) in [6.07, 6.45) is 1.10. The summed E-state index contributed by atoms with van der Waals surface area (Å²) in [5.74, 6) is 0.449. The minimum atomic E-state index is 0.309. The highest BCUT2D eigenvalue weighted by atomic mass is 79.9. The van der Waals surface area contributed by atoms with Gasteiger partial charge in [-0.15, -0.1) is 0 Å². The minimum absolute atomic E-state index is 0.309.